The lowest BCUT2D eigenvalue weighted by atomic mass is 10.1. The Morgan fingerprint density at radius 2 is 2.00 bits per heavy atom. The molecule has 0 spiro atoms. The first-order valence-electron chi connectivity index (χ1n) is 9.99. The Labute approximate surface area is 184 Å². The predicted molar refractivity (Wildman–Crippen MR) is 119 cm³/mol. The zero-order valence-corrected chi connectivity index (χ0v) is 18.5. The van der Waals surface area contributed by atoms with Gasteiger partial charge in [0, 0.05) is 55.9 Å². The van der Waals surface area contributed by atoms with Crippen molar-refractivity contribution in [1.29, 1.82) is 0 Å². The third-order valence-corrected chi connectivity index (χ3v) is 7.29. The topological polar surface area (TPSA) is 76.0 Å². The molecule has 0 aliphatic carbocycles. The smallest absolute Gasteiger partial charge is 0.410 e. The van der Waals surface area contributed by atoms with E-state index in [9.17, 15) is 4.79 Å². The van der Waals surface area contributed by atoms with E-state index in [-0.39, 0.29) is 6.09 Å². The molecule has 9 heteroatoms. The first-order valence-corrected chi connectivity index (χ1v) is 11.9. The lowest BCUT2D eigenvalue weighted by Crippen LogP contribution is -2.40. The number of hydrogen-bond acceptors (Lipinski definition) is 6. The van der Waals surface area contributed by atoms with Gasteiger partial charge < -0.3 is 19.2 Å². The highest BCUT2D eigenvalue weighted by molar-refractivity contribution is 7.99. The minimum absolute atomic E-state index is 0.269. The minimum Gasteiger partial charge on any atom is -0.410 e. The Kier molecular flexibility index (Phi) is 7.01. The zero-order valence-electron chi connectivity index (χ0n) is 16.9. The molecular formula is C21H25N5O2S2. The lowest BCUT2D eigenvalue weighted by molar-refractivity contribution is 0.143. The van der Waals surface area contributed by atoms with Crippen LogP contribution in [0.25, 0.3) is 0 Å². The van der Waals surface area contributed by atoms with E-state index in [1.165, 1.54) is 5.56 Å². The van der Waals surface area contributed by atoms with Crippen molar-refractivity contribution < 1.29 is 9.53 Å². The molecule has 1 aliphatic rings. The average Bonchev–Trinajstić information content (AvgIpc) is 3.42. The van der Waals surface area contributed by atoms with Gasteiger partial charge in [0.1, 0.15) is 5.75 Å². The Hall–Kier alpha value is -2.39. The zero-order chi connectivity index (χ0) is 20.8. The van der Waals surface area contributed by atoms with Crippen molar-refractivity contribution in [3.63, 3.8) is 0 Å². The highest BCUT2D eigenvalue weighted by Gasteiger charge is 2.25. The fourth-order valence-electron chi connectivity index (χ4n) is 3.27. The van der Waals surface area contributed by atoms with E-state index in [2.05, 4.69) is 15.0 Å². The van der Waals surface area contributed by atoms with Crippen LogP contribution < -0.4 is 4.74 Å². The third kappa shape index (κ3) is 5.60. The van der Waals surface area contributed by atoms with Gasteiger partial charge >= 0.3 is 6.09 Å². The molecular weight excluding hydrogens is 418 g/mol. The lowest BCUT2D eigenvalue weighted by Gasteiger charge is -2.30. The highest BCUT2D eigenvalue weighted by Crippen LogP contribution is 2.28. The molecule has 0 radical (unpaired) electrons. The Morgan fingerprint density at radius 3 is 2.67 bits per heavy atom. The van der Waals surface area contributed by atoms with Gasteiger partial charge in [0.05, 0.1) is 0 Å². The van der Waals surface area contributed by atoms with Gasteiger partial charge in [0.15, 0.2) is 10.3 Å². The van der Waals surface area contributed by atoms with Crippen LogP contribution >= 0.6 is 23.5 Å². The summed E-state index contributed by atoms with van der Waals surface area (Å²) >= 11 is 3.48. The Balaban J connectivity index is 1.19. The van der Waals surface area contributed by atoms with Crippen LogP contribution in [-0.4, -0.2) is 54.6 Å². The largest absolute Gasteiger partial charge is 0.415 e. The molecule has 3 aromatic rings. The molecule has 1 aliphatic heterocycles. The average molecular weight is 444 g/mol. The van der Waals surface area contributed by atoms with Crippen LogP contribution in [0, 0.1) is 0 Å². The Bertz CT molecular complexity index is 935. The third-order valence-electron chi connectivity index (χ3n) is 4.98. The molecule has 1 fully saturated rings. The van der Waals surface area contributed by atoms with Gasteiger partial charge in [-0.25, -0.2) is 14.8 Å². The van der Waals surface area contributed by atoms with Crippen molar-refractivity contribution in [2.75, 3.05) is 18.8 Å². The molecule has 7 nitrogen and oxygen atoms in total. The second-order valence-corrected chi connectivity index (χ2v) is 9.48. The molecule has 0 saturated carbocycles. The van der Waals surface area contributed by atoms with Gasteiger partial charge in [-0.1, -0.05) is 35.7 Å². The number of rotatable bonds is 7. The van der Waals surface area contributed by atoms with E-state index in [1.54, 1.807) is 34.6 Å². The number of nitrogens with one attached hydrogen (secondary N) is 1. The molecule has 4 rings (SSSR count). The van der Waals surface area contributed by atoms with Crippen LogP contribution in [0.4, 0.5) is 4.79 Å². The summed E-state index contributed by atoms with van der Waals surface area (Å²) in [5.41, 5.74) is 1.22. The second kappa shape index (κ2) is 10.1. The summed E-state index contributed by atoms with van der Waals surface area (Å²) in [4.78, 5) is 26.0. The molecule has 3 heterocycles. The van der Waals surface area contributed by atoms with Crippen molar-refractivity contribution in [3.8, 4) is 5.75 Å². The molecule has 1 amide bonds. The van der Waals surface area contributed by atoms with Crippen molar-refractivity contribution in [2.45, 2.75) is 34.8 Å². The van der Waals surface area contributed by atoms with E-state index in [0.29, 0.717) is 24.1 Å². The number of aromatic amines is 1. The monoisotopic (exact) mass is 443 g/mol. The number of benzene rings is 1. The second-order valence-electron chi connectivity index (χ2n) is 7.13. The summed E-state index contributed by atoms with van der Waals surface area (Å²) in [6.07, 6.45) is 9.90. The first kappa shape index (κ1) is 20.9. The van der Waals surface area contributed by atoms with Crippen LogP contribution in [0.3, 0.4) is 0 Å². The fourth-order valence-corrected chi connectivity index (χ4v) is 5.21. The summed E-state index contributed by atoms with van der Waals surface area (Å²) in [6.45, 7) is 1.42. The maximum atomic E-state index is 12.5. The number of thioether (sulfide) groups is 2. The van der Waals surface area contributed by atoms with E-state index in [0.717, 1.165) is 35.3 Å². The molecule has 158 valence electrons. The number of nitrogens with zero attached hydrogens (tertiary/aromatic N) is 4. The summed E-state index contributed by atoms with van der Waals surface area (Å²) in [7, 11) is 2.00. The number of H-pyrrole nitrogens is 1. The van der Waals surface area contributed by atoms with Crippen LogP contribution in [0.5, 0.6) is 5.75 Å². The number of carbonyl (C=O) groups is 1. The number of likely N-dealkylation sites (tertiary alicyclic amines) is 1. The van der Waals surface area contributed by atoms with Crippen LogP contribution in [0.2, 0.25) is 0 Å². The van der Waals surface area contributed by atoms with E-state index >= 15 is 0 Å². The van der Waals surface area contributed by atoms with Crippen molar-refractivity contribution in [3.05, 3.63) is 54.6 Å². The molecule has 0 atom stereocenters. The summed E-state index contributed by atoms with van der Waals surface area (Å²) < 4.78 is 7.59. The number of amides is 1. The summed E-state index contributed by atoms with van der Waals surface area (Å²) in [6, 6.07) is 7.79. The highest BCUT2D eigenvalue weighted by atomic mass is 32.2. The minimum atomic E-state index is -0.269. The molecule has 0 unspecified atom stereocenters. The number of piperidine rings is 1. The number of aromatic nitrogens is 4. The SMILES string of the molecule is Cn1ccnc1SCCc1ccc(OC(=O)N2CCC(Sc3ncc[nH]3)CC2)cc1. The molecule has 2 aromatic heterocycles. The summed E-state index contributed by atoms with van der Waals surface area (Å²) in [5, 5.41) is 2.43. The molecule has 1 N–H and O–H groups in total. The normalized spacial score (nSPS) is 14.8. The van der Waals surface area contributed by atoms with Gasteiger partial charge in [-0.2, -0.15) is 0 Å². The standard InChI is InChI=1S/C21H25N5O2S2/c1-25-14-11-24-20(25)29-15-8-16-2-4-17(5-3-16)28-21(27)26-12-6-18(7-13-26)30-19-22-9-10-23-19/h2-5,9-11,14,18H,6-8,12-13,15H2,1H3,(H,22,23). The van der Waals surface area contributed by atoms with E-state index in [4.69, 9.17) is 4.74 Å². The quantitative estimate of drug-likeness (QED) is 0.551. The van der Waals surface area contributed by atoms with Gasteiger partial charge in [0.2, 0.25) is 0 Å². The van der Waals surface area contributed by atoms with E-state index in [1.807, 2.05) is 54.5 Å². The van der Waals surface area contributed by atoms with Crippen LogP contribution in [0.1, 0.15) is 18.4 Å². The van der Waals surface area contributed by atoms with Gasteiger partial charge in [-0.15, -0.1) is 0 Å². The van der Waals surface area contributed by atoms with E-state index < -0.39 is 0 Å². The Morgan fingerprint density at radius 1 is 1.20 bits per heavy atom. The number of ether oxygens (including phenoxy) is 1. The predicted octanol–water partition coefficient (Wildman–Crippen LogP) is 4.23. The van der Waals surface area contributed by atoms with Crippen molar-refractivity contribution in [1.82, 2.24) is 24.4 Å². The van der Waals surface area contributed by atoms with Crippen LogP contribution in [-0.2, 0) is 13.5 Å². The number of hydrogen-bond donors (Lipinski definition) is 1. The summed E-state index contributed by atoms with van der Waals surface area (Å²) in [5.74, 6) is 1.54. The molecule has 30 heavy (non-hydrogen) atoms. The number of aryl methyl sites for hydroxylation is 2. The number of imidazole rings is 2. The van der Waals surface area contributed by atoms with Gasteiger partial charge in [-0.3, -0.25) is 0 Å². The van der Waals surface area contributed by atoms with Crippen molar-refractivity contribution >= 4 is 29.6 Å². The van der Waals surface area contributed by atoms with Crippen molar-refractivity contribution in [2.24, 2.45) is 7.05 Å². The first-order chi connectivity index (χ1) is 14.7. The maximum Gasteiger partial charge on any atom is 0.415 e. The van der Waals surface area contributed by atoms with Crippen LogP contribution in [0.15, 0.2) is 59.4 Å². The number of carbonyl (C=O) groups excluding carboxylic acids is 1. The maximum absolute atomic E-state index is 12.5. The molecule has 1 aromatic carbocycles. The molecule has 0 bridgehead atoms. The van der Waals surface area contributed by atoms with Gasteiger partial charge in [-0.05, 0) is 37.0 Å². The molecule has 1 saturated heterocycles. The van der Waals surface area contributed by atoms with Gasteiger partial charge in [0.25, 0.3) is 0 Å². The fraction of sp³-hybridized carbons (Fsp3) is 0.381.